The van der Waals surface area contributed by atoms with E-state index >= 15 is 0 Å². The van der Waals surface area contributed by atoms with Gasteiger partial charge in [0.25, 0.3) is 0 Å². The Morgan fingerprint density at radius 2 is 1.86 bits per heavy atom. The summed E-state index contributed by atoms with van der Waals surface area (Å²) in [5, 5.41) is 0. The van der Waals surface area contributed by atoms with Crippen molar-refractivity contribution in [3.63, 3.8) is 0 Å². The monoisotopic (exact) mass is 264 g/mol. The van der Waals surface area contributed by atoms with Crippen LogP contribution < -0.4 is 0 Å². The molecule has 0 aromatic heterocycles. The van der Waals surface area contributed by atoms with Gasteiger partial charge in [-0.3, -0.25) is 0 Å². The minimum atomic E-state index is -4.27. The van der Waals surface area contributed by atoms with Gasteiger partial charge in [0, 0.05) is 0 Å². The summed E-state index contributed by atoms with van der Waals surface area (Å²) in [5.74, 6) is 0. The van der Waals surface area contributed by atoms with Gasteiger partial charge < -0.3 is 0 Å². The van der Waals surface area contributed by atoms with E-state index in [2.05, 4.69) is 15.9 Å². The molecule has 0 spiro atoms. The van der Waals surface area contributed by atoms with Gasteiger partial charge in [-0.25, -0.2) is 0 Å². The third-order valence-corrected chi connectivity index (χ3v) is 2.12. The molecule has 0 radical (unpaired) electrons. The van der Waals surface area contributed by atoms with Crippen LogP contribution in [-0.2, 0) is 12.6 Å². The molecule has 4 heteroatoms. The lowest BCUT2D eigenvalue weighted by molar-refractivity contribution is -0.138. The van der Waals surface area contributed by atoms with Crippen LogP contribution in [0.3, 0.4) is 0 Å². The molecule has 0 bridgehead atoms. The van der Waals surface area contributed by atoms with Crippen LogP contribution in [0.15, 0.2) is 35.3 Å². The fraction of sp³-hybridized carbons (Fsp3) is 0.200. The predicted molar refractivity (Wildman–Crippen MR) is 53.2 cm³/mol. The van der Waals surface area contributed by atoms with Gasteiger partial charge in [0.05, 0.1) is 5.56 Å². The zero-order valence-electron chi connectivity index (χ0n) is 7.18. The highest BCUT2D eigenvalue weighted by Gasteiger charge is 2.32. The minimum absolute atomic E-state index is 0.279. The van der Waals surface area contributed by atoms with E-state index in [0.717, 1.165) is 6.07 Å². The van der Waals surface area contributed by atoms with Crippen molar-refractivity contribution in [3.8, 4) is 0 Å². The lowest BCUT2D eigenvalue weighted by Crippen LogP contribution is -2.08. The van der Waals surface area contributed by atoms with Crippen molar-refractivity contribution in [2.24, 2.45) is 0 Å². The number of rotatable bonds is 2. The van der Waals surface area contributed by atoms with Crippen LogP contribution in [0.2, 0.25) is 0 Å². The van der Waals surface area contributed by atoms with Crippen LogP contribution in [-0.4, -0.2) is 0 Å². The zero-order valence-corrected chi connectivity index (χ0v) is 8.77. The van der Waals surface area contributed by atoms with Gasteiger partial charge in [0.2, 0.25) is 0 Å². The van der Waals surface area contributed by atoms with Crippen molar-refractivity contribution < 1.29 is 13.2 Å². The standard InChI is InChI=1S/C10H8BrF3/c11-7-3-5-8-4-1-2-6-9(8)10(12,13)14/h1-4,6-7H,5H2. The first-order valence-corrected chi connectivity index (χ1v) is 4.87. The van der Waals surface area contributed by atoms with Gasteiger partial charge in [-0.1, -0.05) is 40.2 Å². The highest BCUT2D eigenvalue weighted by Crippen LogP contribution is 2.32. The third-order valence-electron chi connectivity index (χ3n) is 1.75. The van der Waals surface area contributed by atoms with Gasteiger partial charge in [-0.15, -0.1) is 0 Å². The average molecular weight is 265 g/mol. The summed E-state index contributed by atoms with van der Waals surface area (Å²) < 4.78 is 37.3. The Morgan fingerprint density at radius 1 is 1.21 bits per heavy atom. The molecule has 0 amide bonds. The van der Waals surface area contributed by atoms with Gasteiger partial charge in [-0.05, 0) is 23.0 Å². The molecule has 0 aliphatic rings. The van der Waals surface area contributed by atoms with E-state index < -0.39 is 11.7 Å². The van der Waals surface area contributed by atoms with Crippen LogP contribution in [0.5, 0.6) is 0 Å². The van der Waals surface area contributed by atoms with Crippen molar-refractivity contribution in [1.82, 2.24) is 0 Å². The Bertz CT molecular complexity index is 328. The Balaban J connectivity index is 3.03. The van der Waals surface area contributed by atoms with E-state index in [-0.39, 0.29) is 12.0 Å². The van der Waals surface area contributed by atoms with Crippen LogP contribution in [0.4, 0.5) is 13.2 Å². The van der Waals surface area contributed by atoms with Gasteiger partial charge >= 0.3 is 6.18 Å². The van der Waals surface area contributed by atoms with Gasteiger partial charge in [0.15, 0.2) is 0 Å². The maximum Gasteiger partial charge on any atom is 0.416 e. The van der Waals surface area contributed by atoms with Gasteiger partial charge in [-0.2, -0.15) is 13.2 Å². The van der Waals surface area contributed by atoms with E-state index in [1.54, 1.807) is 17.1 Å². The molecular weight excluding hydrogens is 257 g/mol. The van der Waals surface area contributed by atoms with Crippen molar-refractivity contribution in [3.05, 3.63) is 46.5 Å². The molecule has 0 N–H and O–H groups in total. The topological polar surface area (TPSA) is 0 Å². The SMILES string of the molecule is FC(F)(F)c1ccccc1CC=CBr. The Morgan fingerprint density at radius 3 is 2.43 bits per heavy atom. The molecule has 0 unspecified atom stereocenters. The largest absolute Gasteiger partial charge is 0.416 e. The van der Waals surface area contributed by atoms with Crippen molar-refractivity contribution in [1.29, 1.82) is 0 Å². The smallest absolute Gasteiger partial charge is 0.166 e. The molecule has 0 aliphatic carbocycles. The van der Waals surface area contributed by atoms with E-state index in [1.807, 2.05) is 0 Å². The summed E-state index contributed by atoms with van der Waals surface area (Å²) in [6.07, 6.45) is -2.36. The van der Waals surface area contributed by atoms with E-state index in [0.29, 0.717) is 0 Å². The van der Waals surface area contributed by atoms with Crippen LogP contribution in [0.1, 0.15) is 11.1 Å². The highest BCUT2D eigenvalue weighted by atomic mass is 79.9. The first-order chi connectivity index (χ1) is 6.55. The predicted octanol–water partition coefficient (Wildman–Crippen LogP) is 4.16. The molecule has 0 nitrogen and oxygen atoms in total. The summed E-state index contributed by atoms with van der Waals surface area (Å²) in [6.45, 7) is 0. The fourth-order valence-corrected chi connectivity index (χ4v) is 1.33. The van der Waals surface area contributed by atoms with Crippen LogP contribution in [0, 0.1) is 0 Å². The number of hydrogen-bond acceptors (Lipinski definition) is 0. The molecule has 1 rings (SSSR count). The van der Waals surface area contributed by atoms with Crippen molar-refractivity contribution in [2.45, 2.75) is 12.6 Å². The van der Waals surface area contributed by atoms with Crippen molar-refractivity contribution >= 4 is 15.9 Å². The maximum atomic E-state index is 12.4. The molecule has 76 valence electrons. The lowest BCUT2D eigenvalue weighted by Gasteiger charge is -2.10. The number of halogens is 4. The van der Waals surface area contributed by atoms with Crippen LogP contribution in [0.25, 0.3) is 0 Å². The molecule has 0 atom stereocenters. The second kappa shape index (κ2) is 4.64. The number of benzene rings is 1. The molecule has 0 fully saturated rings. The zero-order chi connectivity index (χ0) is 10.6. The highest BCUT2D eigenvalue weighted by molar-refractivity contribution is 9.11. The quantitative estimate of drug-likeness (QED) is 0.753. The van der Waals surface area contributed by atoms with E-state index in [1.165, 1.54) is 12.1 Å². The van der Waals surface area contributed by atoms with Gasteiger partial charge in [0.1, 0.15) is 0 Å². The molecule has 0 heterocycles. The second-order valence-corrected chi connectivity index (χ2v) is 3.25. The average Bonchev–Trinajstić information content (AvgIpc) is 2.14. The van der Waals surface area contributed by atoms with E-state index in [4.69, 9.17) is 0 Å². The first kappa shape index (κ1) is 11.3. The number of hydrogen-bond donors (Lipinski definition) is 0. The molecule has 0 aliphatic heterocycles. The first-order valence-electron chi connectivity index (χ1n) is 3.96. The Kier molecular flexibility index (Phi) is 3.75. The molecule has 0 saturated heterocycles. The Labute approximate surface area is 88.6 Å². The third kappa shape index (κ3) is 2.87. The van der Waals surface area contributed by atoms with E-state index in [9.17, 15) is 13.2 Å². The van der Waals surface area contributed by atoms with Crippen LogP contribution >= 0.6 is 15.9 Å². The maximum absolute atomic E-state index is 12.4. The molecular formula is C10H8BrF3. The minimum Gasteiger partial charge on any atom is -0.166 e. The summed E-state index contributed by atoms with van der Waals surface area (Å²) in [7, 11) is 0. The Hall–Kier alpha value is -0.770. The number of allylic oxidation sites excluding steroid dienone is 1. The molecule has 0 saturated carbocycles. The fourth-order valence-electron chi connectivity index (χ4n) is 1.15. The number of alkyl halides is 3. The van der Waals surface area contributed by atoms with Crippen molar-refractivity contribution in [2.75, 3.05) is 0 Å². The molecule has 1 aromatic rings. The second-order valence-electron chi connectivity index (χ2n) is 2.72. The summed E-state index contributed by atoms with van der Waals surface area (Å²) >= 11 is 3.02. The summed E-state index contributed by atoms with van der Waals surface area (Å²) in [5.41, 5.74) is -0.277. The molecule has 1 aromatic carbocycles. The summed E-state index contributed by atoms with van der Waals surface area (Å²) in [4.78, 5) is 1.56. The lowest BCUT2D eigenvalue weighted by atomic mass is 10.0. The summed E-state index contributed by atoms with van der Waals surface area (Å²) in [6, 6.07) is 5.57. The normalized spacial score (nSPS) is 12.3. The molecule has 14 heavy (non-hydrogen) atoms.